The summed E-state index contributed by atoms with van der Waals surface area (Å²) >= 11 is 0. The number of hydrogen-bond donors (Lipinski definition) is 3. The monoisotopic (exact) mass is 844 g/mol. The first kappa shape index (κ1) is 57.3. The average molecular weight is 844 g/mol. The molecule has 0 spiro atoms. The Morgan fingerprint density at radius 2 is 0.984 bits per heavy atom. The third kappa shape index (κ3) is 42.7. The lowest BCUT2D eigenvalue weighted by atomic mass is 10.0. The van der Waals surface area contributed by atoms with Crippen LogP contribution in [0.5, 0.6) is 0 Å². The maximum atomic E-state index is 13.2. The SMILES string of the molecule is CC/C=C\C/C=C\C/C=C\C/C=C\C/C=C\CC(CC(=O)NC(CO)C(O)CCCCCCCCCCCCCC)OC(=O)CCCCC/C=C/C=C\C=C/C=C/C=C/CC. The molecule has 0 saturated carbocycles. The van der Waals surface area contributed by atoms with Gasteiger partial charge in [0.15, 0.2) is 0 Å². The molecule has 0 aliphatic carbocycles. The van der Waals surface area contributed by atoms with Gasteiger partial charge in [0, 0.05) is 12.8 Å². The summed E-state index contributed by atoms with van der Waals surface area (Å²) in [5, 5.41) is 23.7. The van der Waals surface area contributed by atoms with Gasteiger partial charge in [0.25, 0.3) is 0 Å². The van der Waals surface area contributed by atoms with Gasteiger partial charge in [0.1, 0.15) is 6.10 Å². The van der Waals surface area contributed by atoms with E-state index in [1.165, 1.54) is 57.8 Å². The fraction of sp³-hybridized carbons (Fsp3) is 0.600. The highest BCUT2D eigenvalue weighted by atomic mass is 16.5. The molecule has 0 bridgehead atoms. The Labute approximate surface area is 374 Å². The molecule has 0 aromatic carbocycles. The van der Waals surface area contributed by atoms with Crippen LogP contribution in [0.4, 0.5) is 0 Å². The molecule has 6 heteroatoms. The quantitative estimate of drug-likeness (QED) is 0.0247. The first-order valence-corrected chi connectivity index (χ1v) is 24.3. The van der Waals surface area contributed by atoms with E-state index in [0.717, 1.165) is 83.5 Å². The minimum Gasteiger partial charge on any atom is -0.461 e. The van der Waals surface area contributed by atoms with E-state index in [4.69, 9.17) is 4.74 Å². The molecular formula is C55H89NO5. The van der Waals surface area contributed by atoms with Crippen molar-refractivity contribution in [3.63, 3.8) is 0 Å². The summed E-state index contributed by atoms with van der Waals surface area (Å²) in [6.45, 7) is 6.16. The molecular weight excluding hydrogens is 755 g/mol. The zero-order valence-electron chi connectivity index (χ0n) is 39.0. The molecule has 61 heavy (non-hydrogen) atoms. The van der Waals surface area contributed by atoms with Gasteiger partial charge in [-0.05, 0) is 64.2 Å². The van der Waals surface area contributed by atoms with Crippen molar-refractivity contribution in [3.8, 4) is 0 Å². The Hall–Kier alpha value is -3.74. The van der Waals surface area contributed by atoms with Crippen LogP contribution < -0.4 is 5.32 Å². The summed E-state index contributed by atoms with van der Waals surface area (Å²) in [5.41, 5.74) is 0. The van der Waals surface area contributed by atoms with Crippen LogP contribution in [0.1, 0.15) is 188 Å². The summed E-state index contributed by atoms with van der Waals surface area (Å²) in [7, 11) is 0. The molecule has 0 fully saturated rings. The molecule has 0 radical (unpaired) electrons. The van der Waals surface area contributed by atoms with Gasteiger partial charge < -0.3 is 20.3 Å². The number of ether oxygens (including phenoxy) is 1. The molecule has 6 nitrogen and oxygen atoms in total. The number of esters is 1. The number of allylic oxidation sites excluding steroid dienone is 19. The van der Waals surface area contributed by atoms with Crippen LogP contribution in [0.15, 0.2) is 122 Å². The van der Waals surface area contributed by atoms with Crippen molar-refractivity contribution in [2.24, 2.45) is 0 Å². The standard InChI is InChI=1S/C55H89NO5/c1-4-7-10-13-16-19-22-25-27-29-31-34-37-40-43-46-51(61-55(60)48-45-42-39-36-33-30-28-26-23-20-17-14-11-8-5-2)49-54(59)56-52(50-57)53(58)47-44-41-38-35-32-24-21-18-15-12-9-6-3/h7-8,10-11,14,16-17,19-20,23,25-28,30-31,33-34,40,43,51-53,57-58H,4-6,9,12-13,15,18,21-22,24,29,32,35-39,41-42,44-50H2,1-3H3,(H,56,59)/b10-7-,11-8+,17-14+,19-16-,23-20-,27-25-,28-26-,33-30+,34-31-,43-40-. The fourth-order valence-electron chi connectivity index (χ4n) is 6.53. The summed E-state index contributed by atoms with van der Waals surface area (Å²) in [5.74, 6) is -0.643. The Bertz CT molecular complexity index is 1310. The summed E-state index contributed by atoms with van der Waals surface area (Å²) < 4.78 is 5.83. The number of amides is 1. The second-order valence-electron chi connectivity index (χ2n) is 15.9. The molecule has 3 atom stereocenters. The van der Waals surface area contributed by atoms with Crippen molar-refractivity contribution in [2.45, 2.75) is 206 Å². The van der Waals surface area contributed by atoms with Gasteiger partial charge in [-0.1, -0.05) is 226 Å². The van der Waals surface area contributed by atoms with E-state index in [2.05, 4.69) is 86.8 Å². The van der Waals surface area contributed by atoms with Crippen LogP contribution in [0.3, 0.4) is 0 Å². The van der Waals surface area contributed by atoms with Gasteiger partial charge in [-0.25, -0.2) is 0 Å². The summed E-state index contributed by atoms with van der Waals surface area (Å²) in [6.07, 6.45) is 65.5. The molecule has 0 aromatic heterocycles. The molecule has 0 heterocycles. The molecule has 3 unspecified atom stereocenters. The molecule has 0 aliphatic heterocycles. The van der Waals surface area contributed by atoms with Gasteiger partial charge in [-0.15, -0.1) is 0 Å². The molecule has 3 N–H and O–H groups in total. The number of hydrogen-bond acceptors (Lipinski definition) is 5. The van der Waals surface area contributed by atoms with Crippen LogP contribution >= 0.6 is 0 Å². The zero-order chi connectivity index (χ0) is 44.5. The molecule has 0 aromatic rings. The Morgan fingerprint density at radius 1 is 0.525 bits per heavy atom. The predicted molar refractivity (Wildman–Crippen MR) is 263 cm³/mol. The number of unbranched alkanes of at least 4 members (excludes halogenated alkanes) is 14. The van der Waals surface area contributed by atoms with Gasteiger partial charge >= 0.3 is 5.97 Å². The highest BCUT2D eigenvalue weighted by molar-refractivity contribution is 5.77. The van der Waals surface area contributed by atoms with E-state index in [0.29, 0.717) is 19.3 Å². The Balaban J connectivity index is 4.86. The lowest BCUT2D eigenvalue weighted by Crippen LogP contribution is -2.46. The lowest BCUT2D eigenvalue weighted by Gasteiger charge is -2.24. The highest BCUT2D eigenvalue weighted by Crippen LogP contribution is 2.15. The molecule has 0 saturated heterocycles. The second-order valence-corrected chi connectivity index (χ2v) is 15.9. The van der Waals surface area contributed by atoms with Crippen molar-refractivity contribution >= 4 is 11.9 Å². The molecule has 1 amide bonds. The summed E-state index contributed by atoms with van der Waals surface area (Å²) in [4.78, 5) is 26.0. The number of rotatable bonds is 41. The second kappa shape index (κ2) is 47.3. The maximum absolute atomic E-state index is 13.2. The van der Waals surface area contributed by atoms with E-state index in [9.17, 15) is 19.8 Å². The first-order valence-electron chi connectivity index (χ1n) is 24.3. The van der Waals surface area contributed by atoms with Crippen LogP contribution in [0.25, 0.3) is 0 Å². The van der Waals surface area contributed by atoms with Crippen LogP contribution in [0, 0.1) is 0 Å². The van der Waals surface area contributed by atoms with E-state index in [1.807, 2.05) is 60.8 Å². The van der Waals surface area contributed by atoms with Crippen molar-refractivity contribution in [1.29, 1.82) is 0 Å². The van der Waals surface area contributed by atoms with Crippen LogP contribution in [-0.4, -0.2) is 46.9 Å². The minimum absolute atomic E-state index is 0.0262. The zero-order valence-corrected chi connectivity index (χ0v) is 39.0. The normalized spacial score (nSPS) is 14.4. The van der Waals surface area contributed by atoms with Crippen molar-refractivity contribution in [3.05, 3.63) is 122 Å². The number of aliphatic hydroxyl groups is 2. The van der Waals surface area contributed by atoms with Crippen LogP contribution in [0.2, 0.25) is 0 Å². The third-order valence-corrected chi connectivity index (χ3v) is 10.2. The predicted octanol–water partition coefficient (Wildman–Crippen LogP) is 14.5. The van der Waals surface area contributed by atoms with E-state index < -0.39 is 18.2 Å². The van der Waals surface area contributed by atoms with Gasteiger partial charge in [-0.3, -0.25) is 9.59 Å². The number of carbonyl (C=O) groups excluding carboxylic acids is 2. The summed E-state index contributed by atoms with van der Waals surface area (Å²) in [6, 6.07) is -0.749. The Kier molecular flexibility index (Phi) is 44.4. The fourth-order valence-corrected chi connectivity index (χ4v) is 6.53. The third-order valence-electron chi connectivity index (χ3n) is 10.2. The Morgan fingerprint density at radius 3 is 1.51 bits per heavy atom. The largest absolute Gasteiger partial charge is 0.461 e. The molecule has 0 aliphatic rings. The first-order chi connectivity index (χ1) is 30.0. The van der Waals surface area contributed by atoms with E-state index in [-0.39, 0.29) is 24.9 Å². The average Bonchev–Trinajstić information content (AvgIpc) is 3.25. The number of aliphatic hydroxyl groups excluding tert-OH is 2. The van der Waals surface area contributed by atoms with Gasteiger partial charge in [-0.2, -0.15) is 0 Å². The van der Waals surface area contributed by atoms with E-state index in [1.54, 1.807) is 0 Å². The lowest BCUT2D eigenvalue weighted by molar-refractivity contribution is -0.150. The van der Waals surface area contributed by atoms with Crippen molar-refractivity contribution in [2.75, 3.05) is 6.61 Å². The van der Waals surface area contributed by atoms with Gasteiger partial charge in [0.05, 0.1) is 25.2 Å². The van der Waals surface area contributed by atoms with Gasteiger partial charge in [0.2, 0.25) is 5.91 Å². The highest BCUT2D eigenvalue weighted by Gasteiger charge is 2.23. The molecule has 0 rings (SSSR count). The smallest absolute Gasteiger partial charge is 0.306 e. The number of carbonyl (C=O) groups is 2. The number of nitrogens with one attached hydrogen (secondary N) is 1. The van der Waals surface area contributed by atoms with E-state index >= 15 is 0 Å². The minimum atomic E-state index is -0.827. The molecule has 344 valence electrons. The van der Waals surface area contributed by atoms with Crippen molar-refractivity contribution < 1.29 is 24.5 Å². The van der Waals surface area contributed by atoms with Crippen LogP contribution in [-0.2, 0) is 14.3 Å². The topological polar surface area (TPSA) is 95.9 Å². The maximum Gasteiger partial charge on any atom is 0.306 e. The van der Waals surface area contributed by atoms with Crippen molar-refractivity contribution in [1.82, 2.24) is 5.32 Å².